The van der Waals surface area contributed by atoms with E-state index in [4.69, 9.17) is 19.9 Å². The van der Waals surface area contributed by atoms with Crippen LogP contribution >= 0.6 is 0 Å². The SMILES string of the molecule is c1ccc(-c2cc(-c3ccc(-c4ccccn4)cc3)nc(-c3ccccc3-c3ccc4c(c3)C3c5ccccc5C4c4cc(-c5ccccc5-c5cc(-c6ccc(-c7ccccn7)cc6)nc(-c6ccccc6)n5)ccc43)n2)cc1. The highest BCUT2D eigenvalue weighted by Gasteiger charge is 2.41. The van der Waals surface area contributed by atoms with Crippen LogP contribution in [-0.4, -0.2) is 29.9 Å². The van der Waals surface area contributed by atoms with Crippen molar-refractivity contribution >= 4 is 0 Å². The van der Waals surface area contributed by atoms with Gasteiger partial charge in [0.05, 0.1) is 34.2 Å². The van der Waals surface area contributed by atoms with Gasteiger partial charge in [-0.3, -0.25) is 9.97 Å². The zero-order chi connectivity index (χ0) is 52.9. The van der Waals surface area contributed by atoms with Gasteiger partial charge in [-0.05, 0) is 104 Å². The van der Waals surface area contributed by atoms with E-state index in [2.05, 4.69) is 216 Å². The maximum Gasteiger partial charge on any atom is 0.161 e. The lowest BCUT2D eigenvalue weighted by molar-refractivity contribution is 0.755. The predicted molar refractivity (Wildman–Crippen MR) is 322 cm³/mol. The Labute approximate surface area is 464 Å². The van der Waals surface area contributed by atoms with Gasteiger partial charge in [-0.2, -0.15) is 0 Å². The lowest BCUT2D eigenvalue weighted by atomic mass is 9.60. The highest BCUT2D eigenvalue weighted by molar-refractivity contribution is 5.88. The average Bonchev–Trinajstić information content (AvgIpc) is 3.61. The van der Waals surface area contributed by atoms with Crippen molar-refractivity contribution in [3.8, 4) is 113 Å². The summed E-state index contributed by atoms with van der Waals surface area (Å²) in [6.07, 6.45) is 3.66. The maximum absolute atomic E-state index is 5.34. The molecule has 4 aromatic heterocycles. The molecule has 0 radical (unpaired) electrons. The van der Waals surface area contributed by atoms with Crippen LogP contribution in [0.15, 0.2) is 279 Å². The summed E-state index contributed by atoms with van der Waals surface area (Å²) in [5.74, 6) is 1.47. The molecule has 4 heterocycles. The molecule has 9 aromatic carbocycles. The molecule has 374 valence electrons. The third-order valence-corrected chi connectivity index (χ3v) is 15.9. The molecule has 2 unspecified atom stereocenters. The van der Waals surface area contributed by atoms with Gasteiger partial charge in [0.1, 0.15) is 0 Å². The zero-order valence-electron chi connectivity index (χ0n) is 43.4. The zero-order valence-corrected chi connectivity index (χ0v) is 43.4. The molecule has 0 amide bonds. The molecule has 3 aliphatic carbocycles. The Morgan fingerprint density at radius 1 is 0.200 bits per heavy atom. The average molecular weight is 1020 g/mol. The molecular formula is C74H48N6. The molecule has 6 nitrogen and oxygen atoms in total. The van der Waals surface area contributed by atoms with Crippen LogP contribution in [0.5, 0.6) is 0 Å². The Kier molecular flexibility index (Phi) is 11.6. The van der Waals surface area contributed by atoms with E-state index in [-0.39, 0.29) is 11.8 Å². The quantitative estimate of drug-likeness (QED) is 0.136. The number of benzene rings is 9. The minimum atomic E-state index is 0.0536. The predicted octanol–water partition coefficient (Wildman–Crippen LogP) is 17.7. The minimum absolute atomic E-state index is 0.0536. The highest BCUT2D eigenvalue weighted by atomic mass is 14.9. The molecule has 80 heavy (non-hydrogen) atoms. The van der Waals surface area contributed by atoms with Gasteiger partial charge in [0.15, 0.2) is 11.6 Å². The molecule has 0 fully saturated rings. The normalized spacial score (nSPS) is 13.8. The van der Waals surface area contributed by atoms with Crippen LogP contribution in [0, 0.1) is 0 Å². The molecule has 6 heteroatoms. The van der Waals surface area contributed by atoms with E-state index >= 15 is 0 Å². The molecule has 0 N–H and O–H groups in total. The van der Waals surface area contributed by atoms with Crippen molar-refractivity contribution in [3.05, 3.63) is 313 Å². The molecule has 0 spiro atoms. The Morgan fingerprint density at radius 2 is 0.550 bits per heavy atom. The standard InChI is InChI=1S/C74H48N6/c1-3-17-47(18-4-1)67-45-68(50-33-29-48(30-34-50)65-27-13-15-41-75-65)79-74(78-67)62-26-12-8-22-56(62)54-38-40-61-64(44-54)72-59-25-11-10-24-58(59)71(61)63-43-53(37-39-60(63)72)55-21-7-9-23-57(55)70-46-69(77-73(80-70)52-19-5-2-6-20-52)51-35-31-49(32-36-51)66-28-14-16-42-76-66/h1-46,71-72H. The molecule has 2 atom stereocenters. The summed E-state index contributed by atoms with van der Waals surface area (Å²) in [4.78, 5) is 30.3. The number of pyridine rings is 2. The van der Waals surface area contributed by atoms with Crippen molar-refractivity contribution in [1.29, 1.82) is 0 Å². The second-order valence-electron chi connectivity index (χ2n) is 20.5. The van der Waals surface area contributed by atoms with Gasteiger partial charge in [0.2, 0.25) is 0 Å². The summed E-state index contributed by atoms with van der Waals surface area (Å²) in [6, 6.07) is 94.5. The first-order valence-electron chi connectivity index (χ1n) is 27.1. The lowest BCUT2D eigenvalue weighted by Crippen LogP contribution is -2.27. The van der Waals surface area contributed by atoms with Crippen molar-refractivity contribution < 1.29 is 0 Å². The summed E-state index contributed by atoms with van der Waals surface area (Å²) in [5.41, 5.74) is 26.1. The van der Waals surface area contributed by atoms with Crippen molar-refractivity contribution in [3.63, 3.8) is 0 Å². The highest BCUT2D eigenvalue weighted by Crippen LogP contribution is 2.57. The minimum Gasteiger partial charge on any atom is -0.256 e. The van der Waals surface area contributed by atoms with Crippen LogP contribution < -0.4 is 0 Å². The smallest absolute Gasteiger partial charge is 0.161 e. The Balaban J connectivity index is 0.809. The summed E-state index contributed by atoms with van der Waals surface area (Å²) >= 11 is 0. The van der Waals surface area contributed by atoms with E-state index < -0.39 is 0 Å². The van der Waals surface area contributed by atoms with Crippen molar-refractivity contribution in [2.75, 3.05) is 0 Å². The number of nitrogens with zero attached hydrogens (tertiary/aromatic N) is 6. The van der Waals surface area contributed by atoms with Crippen LogP contribution in [0.1, 0.15) is 45.2 Å². The van der Waals surface area contributed by atoms with E-state index in [0.29, 0.717) is 11.6 Å². The van der Waals surface area contributed by atoms with Gasteiger partial charge >= 0.3 is 0 Å². The molecule has 0 saturated carbocycles. The fraction of sp³-hybridized carbons (Fsp3) is 0.0270. The van der Waals surface area contributed by atoms with Gasteiger partial charge in [-0.25, -0.2) is 19.9 Å². The van der Waals surface area contributed by atoms with Crippen molar-refractivity contribution in [1.82, 2.24) is 29.9 Å². The topological polar surface area (TPSA) is 77.3 Å². The van der Waals surface area contributed by atoms with Gasteiger partial charge in [0.25, 0.3) is 0 Å². The Morgan fingerprint density at radius 3 is 1.05 bits per heavy atom. The van der Waals surface area contributed by atoms with Crippen molar-refractivity contribution in [2.24, 2.45) is 0 Å². The van der Waals surface area contributed by atoms with Crippen LogP contribution in [0.3, 0.4) is 0 Å². The summed E-state index contributed by atoms with van der Waals surface area (Å²) < 4.78 is 0. The molecule has 0 aliphatic heterocycles. The number of hydrogen-bond donors (Lipinski definition) is 0. The van der Waals surface area contributed by atoms with E-state index in [9.17, 15) is 0 Å². The van der Waals surface area contributed by atoms with Gasteiger partial charge in [0, 0.05) is 68.7 Å². The third-order valence-electron chi connectivity index (χ3n) is 15.9. The van der Waals surface area contributed by atoms with E-state index in [1.807, 2.05) is 73.1 Å². The lowest BCUT2D eigenvalue weighted by Gasteiger charge is -2.42. The molecule has 16 rings (SSSR count). The van der Waals surface area contributed by atoms with Gasteiger partial charge in [-0.1, -0.05) is 218 Å². The largest absolute Gasteiger partial charge is 0.256 e. The molecule has 2 bridgehead atoms. The summed E-state index contributed by atoms with van der Waals surface area (Å²) in [5, 5.41) is 0. The molecule has 3 aliphatic rings. The number of hydrogen-bond acceptors (Lipinski definition) is 6. The molecule has 0 saturated heterocycles. The maximum atomic E-state index is 5.34. The third kappa shape index (κ3) is 8.38. The second kappa shape index (κ2) is 19.8. The molecular weight excluding hydrogens is 973 g/mol. The van der Waals surface area contributed by atoms with Crippen LogP contribution in [0.2, 0.25) is 0 Å². The van der Waals surface area contributed by atoms with Crippen LogP contribution in [-0.2, 0) is 0 Å². The van der Waals surface area contributed by atoms with Gasteiger partial charge < -0.3 is 0 Å². The van der Waals surface area contributed by atoms with E-state index in [1.165, 1.54) is 33.4 Å². The first-order chi connectivity index (χ1) is 39.6. The van der Waals surface area contributed by atoms with Gasteiger partial charge in [-0.15, -0.1) is 0 Å². The fourth-order valence-electron chi connectivity index (χ4n) is 12.1. The summed E-state index contributed by atoms with van der Waals surface area (Å²) in [6.45, 7) is 0. The van der Waals surface area contributed by atoms with Crippen molar-refractivity contribution in [2.45, 2.75) is 11.8 Å². The first-order valence-corrected chi connectivity index (χ1v) is 27.1. The Bertz CT molecular complexity index is 4160. The first kappa shape index (κ1) is 46.7. The summed E-state index contributed by atoms with van der Waals surface area (Å²) in [7, 11) is 0. The second-order valence-corrected chi connectivity index (χ2v) is 20.5. The monoisotopic (exact) mass is 1020 g/mol. The van der Waals surface area contributed by atoms with Crippen LogP contribution in [0.4, 0.5) is 0 Å². The molecule has 13 aromatic rings. The van der Waals surface area contributed by atoms with E-state index in [0.717, 1.165) is 101 Å². The Hall–Kier alpha value is -10.6. The number of aromatic nitrogens is 6. The van der Waals surface area contributed by atoms with E-state index in [1.54, 1.807) is 0 Å². The fourth-order valence-corrected chi connectivity index (χ4v) is 12.1. The van der Waals surface area contributed by atoms with Crippen LogP contribution in [0.25, 0.3) is 113 Å². The number of rotatable bonds is 10.